The van der Waals surface area contributed by atoms with Gasteiger partial charge in [0.05, 0.1) is 0 Å². The van der Waals surface area contributed by atoms with Crippen molar-refractivity contribution in [3.05, 3.63) is 35.4 Å². The van der Waals surface area contributed by atoms with Crippen molar-refractivity contribution in [3.63, 3.8) is 0 Å². The van der Waals surface area contributed by atoms with E-state index in [4.69, 9.17) is 0 Å². The summed E-state index contributed by atoms with van der Waals surface area (Å²) in [5, 5.41) is 3.50. The van der Waals surface area contributed by atoms with Crippen molar-refractivity contribution in [3.8, 4) is 0 Å². The molecule has 0 heterocycles. The van der Waals surface area contributed by atoms with Gasteiger partial charge in [0.25, 0.3) is 0 Å². The van der Waals surface area contributed by atoms with Crippen LogP contribution in [0.4, 0.5) is 0 Å². The Bertz CT molecular complexity index is 268. The van der Waals surface area contributed by atoms with E-state index in [9.17, 15) is 0 Å². The van der Waals surface area contributed by atoms with Gasteiger partial charge in [-0.1, -0.05) is 36.8 Å². The molecule has 0 aliphatic rings. The lowest BCUT2D eigenvalue weighted by Gasteiger charge is -2.13. The molecule has 0 bridgehead atoms. The molecule has 1 nitrogen and oxygen atoms in total. The number of hydrogen-bond donors (Lipinski definition) is 1. The van der Waals surface area contributed by atoms with Crippen LogP contribution in [0.15, 0.2) is 24.3 Å². The minimum atomic E-state index is 0.580. The molecular formula is C13H21N. The van der Waals surface area contributed by atoms with E-state index in [-0.39, 0.29) is 0 Å². The van der Waals surface area contributed by atoms with Gasteiger partial charge in [0, 0.05) is 6.04 Å². The van der Waals surface area contributed by atoms with Gasteiger partial charge in [0.1, 0.15) is 0 Å². The van der Waals surface area contributed by atoms with Gasteiger partial charge in [0.2, 0.25) is 0 Å². The molecule has 1 aromatic rings. The molecule has 0 amide bonds. The lowest BCUT2D eigenvalue weighted by molar-refractivity contribution is 0.543. The highest BCUT2D eigenvalue weighted by molar-refractivity contribution is 5.22. The van der Waals surface area contributed by atoms with E-state index in [2.05, 4.69) is 50.4 Å². The fourth-order valence-corrected chi connectivity index (χ4v) is 1.66. The summed E-state index contributed by atoms with van der Waals surface area (Å²) in [6, 6.07) is 9.34. The Morgan fingerprint density at radius 1 is 1.36 bits per heavy atom. The molecule has 0 aliphatic carbocycles. The monoisotopic (exact) mass is 191 g/mol. The Hall–Kier alpha value is -0.820. The van der Waals surface area contributed by atoms with E-state index in [1.807, 2.05) is 0 Å². The maximum Gasteiger partial charge on any atom is 0.00791 e. The van der Waals surface area contributed by atoms with Crippen molar-refractivity contribution in [2.45, 2.75) is 39.7 Å². The summed E-state index contributed by atoms with van der Waals surface area (Å²) < 4.78 is 0. The van der Waals surface area contributed by atoms with Crippen LogP contribution in [0.5, 0.6) is 0 Å². The molecule has 1 heteroatoms. The Labute approximate surface area is 87.5 Å². The third-order valence-corrected chi connectivity index (χ3v) is 2.37. The molecule has 0 spiro atoms. The summed E-state index contributed by atoms with van der Waals surface area (Å²) in [5.74, 6) is 0. The van der Waals surface area contributed by atoms with Crippen LogP contribution in [-0.4, -0.2) is 12.6 Å². The van der Waals surface area contributed by atoms with Crippen molar-refractivity contribution in [1.82, 2.24) is 5.32 Å². The zero-order valence-electron chi connectivity index (χ0n) is 9.51. The summed E-state index contributed by atoms with van der Waals surface area (Å²) in [5.41, 5.74) is 2.78. The molecule has 0 fully saturated rings. The van der Waals surface area contributed by atoms with Crippen LogP contribution in [0.25, 0.3) is 0 Å². The summed E-state index contributed by atoms with van der Waals surface area (Å²) in [7, 11) is 0. The Kier molecular flexibility index (Phi) is 4.68. The minimum Gasteiger partial charge on any atom is -0.314 e. The molecule has 14 heavy (non-hydrogen) atoms. The SMILES string of the molecule is CCCNC(C)Cc1cccc(C)c1. The van der Waals surface area contributed by atoms with Crippen LogP contribution in [0.1, 0.15) is 31.4 Å². The normalized spacial score (nSPS) is 12.8. The topological polar surface area (TPSA) is 12.0 Å². The highest BCUT2D eigenvalue weighted by Gasteiger charge is 2.01. The zero-order valence-corrected chi connectivity index (χ0v) is 9.51. The van der Waals surface area contributed by atoms with E-state index < -0.39 is 0 Å². The van der Waals surface area contributed by atoms with Crippen LogP contribution in [0.2, 0.25) is 0 Å². The van der Waals surface area contributed by atoms with Gasteiger partial charge in [-0.15, -0.1) is 0 Å². The predicted octanol–water partition coefficient (Wildman–Crippen LogP) is 2.93. The first-order valence-corrected chi connectivity index (χ1v) is 5.51. The Morgan fingerprint density at radius 2 is 2.14 bits per heavy atom. The van der Waals surface area contributed by atoms with Gasteiger partial charge >= 0.3 is 0 Å². The van der Waals surface area contributed by atoms with E-state index in [1.54, 1.807) is 0 Å². The summed E-state index contributed by atoms with van der Waals surface area (Å²) >= 11 is 0. The van der Waals surface area contributed by atoms with Crippen molar-refractivity contribution >= 4 is 0 Å². The molecule has 78 valence electrons. The molecule has 0 saturated heterocycles. The molecule has 0 aliphatic heterocycles. The van der Waals surface area contributed by atoms with Crippen molar-refractivity contribution in [1.29, 1.82) is 0 Å². The second kappa shape index (κ2) is 5.82. The van der Waals surface area contributed by atoms with Gasteiger partial charge in [-0.05, 0) is 38.8 Å². The predicted molar refractivity (Wildman–Crippen MR) is 62.6 cm³/mol. The average Bonchev–Trinajstić information content (AvgIpc) is 2.15. The third kappa shape index (κ3) is 3.93. The number of aryl methyl sites for hydroxylation is 1. The quantitative estimate of drug-likeness (QED) is 0.754. The number of nitrogens with one attached hydrogen (secondary N) is 1. The van der Waals surface area contributed by atoms with E-state index in [1.165, 1.54) is 17.5 Å². The van der Waals surface area contributed by atoms with E-state index >= 15 is 0 Å². The molecule has 1 rings (SSSR count). The summed E-state index contributed by atoms with van der Waals surface area (Å²) in [6.45, 7) is 7.71. The Morgan fingerprint density at radius 3 is 2.79 bits per heavy atom. The first kappa shape index (κ1) is 11.3. The molecule has 1 unspecified atom stereocenters. The molecular weight excluding hydrogens is 170 g/mol. The summed E-state index contributed by atoms with van der Waals surface area (Å²) in [4.78, 5) is 0. The highest BCUT2D eigenvalue weighted by Crippen LogP contribution is 2.06. The van der Waals surface area contributed by atoms with Gasteiger partial charge in [-0.2, -0.15) is 0 Å². The van der Waals surface area contributed by atoms with Crippen molar-refractivity contribution < 1.29 is 0 Å². The van der Waals surface area contributed by atoms with Crippen LogP contribution in [-0.2, 0) is 6.42 Å². The van der Waals surface area contributed by atoms with Crippen LogP contribution in [0, 0.1) is 6.92 Å². The van der Waals surface area contributed by atoms with Crippen molar-refractivity contribution in [2.24, 2.45) is 0 Å². The first-order chi connectivity index (χ1) is 6.72. The molecule has 1 N–H and O–H groups in total. The van der Waals surface area contributed by atoms with Crippen LogP contribution < -0.4 is 5.32 Å². The zero-order chi connectivity index (χ0) is 10.4. The molecule has 0 aromatic heterocycles. The number of rotatable bonds is 5. The molecule has 1 aromatic carbocycles. The van der Waals surface area contributed by atoms with Gasteiger partial charge in [-0.25, -0.2) is 0 Å². The number of hydrogen-bond acceptors (Lipinski definition) is 1. The average molecular weight is 191 g/mol. The molecule has 0 radical (unpaired) electrons. The van der Waals surface area contributed by atoms with Crippen molar-refractivity contribution in [2.75, 3.05) is 6.54 Å². The fourth-order valence-electron chi connectivity index (χ4n) is 1.66. The summed E-state index contributed by atoms with van der Waals surface area (Å²) in [6.07, 6.45) is 2.33. The maximum absolute atomic E-state index is 3.50. The van der Waals surface area contributed by atoms with Gasteiger partial charge in [-0.3, -0.25) is 0 Å². The lowest BCUT2D eigenvalue weighted by Crippen LogP contribution is -2.28. The smallest absolute Gasteiger partial charge is 0.00791 e. The lowest BCUT2D eigenvalue weighted by atomic mass is 10.0. The minimum absolute atomic E-state index is 0.580. The number of benzene rings is 1. The maximum atomic E-state index is 3.50. The molecule has 0 saturated carbocycles. The second-order valence-corrected chi connectivity index (χ2v) is 4.05. The largest absolute Gasteiger partial charge is 0.314 e. The standard InChI is InChI=1S/C13H21N/c1-4-8-14-12(3)10-13-7-5-6-11(2)9-13/h5-7,9,12,14H,4,8,10H2,1-3H3. The first-order valence-electron chi connectivity index (χ1n) is 5.51. The third-order valence-electron chi connectivity index (χ3n) is 2.37. The van der Waals surface area contributed by atoms with Gasteiger partial charge < -0.3 is 5.32 Å². The van der Waals surface area contributed by atoms with Crippen LogP contribution >= 0.6 is 0 Å². The van der Waals surface area contributed by atoms with E-state index in [0.29, 0.717) is 6.04 Å². The molecule has 1 atom stereocenters. The highest BCUT2D eigenvalue weighted by atomic mass is 14.9. The van der Waals surface area contributed by atoms with Crippen LogP contribution in [0.3, 0.4) is 0 Å². The Balaban J connectivity index is 2.43. The van der Waals surface area contributed by atoms with E-state index in [0.717, 1.165) is 13.0 Å². The van der Waals surface area contributed by atoms with Gasteiger partial charge in [0.15, 0.2) is 0 Å². The second-order valence-electron chi connectivity index (χ2n) is 4.05. The fraction of sp³-hybridized carbons (Fsp3) is 0.538.